The Balaban J connectivity index is 1.74. The summed E-state index contributed by atoms with van der Waals surface area (Å²) in [5, 5.41) is 11.2. The van der Waals surface area contributed by atoms with Crippen LogP contribution in [-0.2, 0) is 9.59 Å². The molecule has 3 saturated carbocycles. The van der Waals surface area contributed by atoms with Gasteiger partial charge in [0.05, 0.1) is 5.60 Å². The van der Waals surface area contributed by atoms with Crippen LogP contribution in [0.15, 0.2) is 11.6 Å². The van der Waals surface area contributed by atoms with E-state index in [0.717, 1.165) is 44.1 Å². The molecule has 3 nitrogen and oxygen atoms in total. The predicted molar refractivity (Wildman–Crippen MR) is 92.3 cm³/mol. The highest BCUT2D eigenvalue weighted by molar-refractivity contribution is 6.05. The zero-order valence-corrected chi connectivity index (χ0v) is 15.2. The third-order valence-electron chi connectivity index (χ3n) is 8.69. The summed E-state index contributed by atoms with van der Waals surface area (Å²) in [5.74, 6) is 1.64. The first kappa shape index (κ1) is 16.5. The van der Waals surface area contributed by atoms with Crippen LogP contribution in [0.5, 0.6) is 0 Å². The van der Waals surface area contributed by atoms with Gasteiger partial charge in [0.15, 0.2) is 11.6 Å². The normalized spacial score (nSPS) is 50.8. The fourth-order valence-corrected chi connectivity index (χ4v) is 7.08. The topological polar surface area (TPSA) is 54.4 Å². The third-order valence-corrected chi connectivity index (χ3v) is 8.69. The quantitative estimate of drug-likeness (QED) is 0.795. The van der Waals surface area contributed by atoms with Crippen molar-refractivity contribution in [3.05, 3.63) is 11.6 Å². The lowest BCUT2D eigenvalue weighted by Crippen LogP contribution is -2.56. The largest absolute Gasteiger partial charge is 0.389 e. The van der Waals surface area contributed by atoms with Crippen LogP contribution >= 0.6 is 0 Å². The van der Waals surface area contributed by atoms with Crippen molar-refractivity contribution in [2.75, 3.05) is 0 Å². The molecule has 0 amide bonds. The molecule has 0 unspecified atom stereocenters. The van der Waals surface area contributed by atoms with Gasteiger partial charge in [0.1, 0.15) is 0 Å². The maximum Gasteiger partial charge on any atom is 0.159 e. The molecule has 24 heavy (non-hydrogen) atoms. The van der Waals surface area contributed by atoms with Gasteiger partial charge in [-0.2, -0.15) is 0 Å². The van der Waals surface area contributed by atoms with E-state index >= 15 is 0 Å². The van der Waals surface area contributed by atoms with Crippen LogP contribution in [0.2, 0.25) is 0 Å². The fourth-order valence-electron chi connectivity index (χ4n) is 7.08. The Hall–Kier alpha value is -0.960. The third kappa shape index (κ3) is 1.88. The van der Waals surface area contributed by atoms with Gasteiger partial charge in [-0.05, 0) is 73.2 Å². The Bertz CT molecular complexity index is 635. The average molecular weight is 330 g/mol. The lowest BCUT2D eigenvalue weighted by atomic mass is 9.46. The van der Waals surface area contributed by atoms with Gasteiger partial charge >= 0.3 is 0 Å². The van der Waals surface area contributed by atoms with E-state index in [1.807, 2.05) is 0 Å². The Morgan fingerprint density at radius 3 is 2.54 bits per heavy atom. The van der Waals surface area contributed by atoms with Crippen LogP contribution in [0.1, 0.15) is 72.1 Å². The van der Waals surface area contributed by atoms with Gasteiger partial charge in [-0.3, -0.25) is 9.59 Å². The van der Waals surface area contributed by atoms with Gasteiger partial charge in [-0.1, -0.05) is 20.8 Å². The summed E-state index contributed by atoms with van der Waals surface area (Å²) in [7, 11) is 0. The Kier molecular flexibility index (Phi) is 3.46. The number of aliphatic hydroxyl groups is 1. The van der Waals surface area contributed by atoms with Crippen molar-refractivity contribution in [1.29, 1.82) is 0 Å². The molecule has 0 aromatic rings. The molecule has 0 bridgehead atoms. The molecule has 0 saturated heterocycles. The molecule has 1 N–H and O–H groups in total. The molecule has 4 aliphatic rings. The van der Waals surface area contributed by atoms with Crippen LogP contribution in [0.25, 0.3) is 0 Å². The molecule has 3 heteroatoms. The zero-order valence-electron chi connectivity index (χ0n) is 15.2. The number of fused-ring (bicyclic) bond motifs is 5. The van der Waals surface area contributed by atoms with Crippen molar-refractivity contribution in [3.63, 3.8) is 0 Å². The zero-order chi connectivity index (χ0) is 17.3. The maximum atomic E-state index is 12.9. The Morgan fingerprint density at radius 1 is 1.12 bits per heavy atom. The van der Waals surface area contributed by atoms with Crippen molar-refractivity contribution in [1.82, 2.24) is 0 Å². The minimum atomic E-state index is -0.564. The van der Waals surface area contributed by atoms with Crippen molar-refractivity contribution < 1.29 is 14.7 Å². The Labute approximate surface area is 144 Å². The van der Waals surface area contributed by atoms with Gasteiger partial charge in [-0.15, -0.1) is 0 Å². The van der Waals surface area contributed by atoms with E-state index in [2.05, 4.69) is 20.8 Å². The first-order valence-electron chi connectivity index (χ1n) is 9.76. The monoisotopic (exact) mass is 330 g/mol. The summed E-state index contributed by atoms with van der Waals surface area (Å²) < 4.78 is 0. The highest BCUT2D eigenvalue weighted by Crippen LogP contribution is 2.67. The Morgan fingerprint density at radius 2 is 1.83 bits per heavy atom. The van der Waals surface area contributed by atoms with E-state index in [1.54, 1.807) is 6.08 Å². The van der Waals surface area contributed by atoms with Crippen LogP contribution in [0.4, 0.5) is 0 Å². The summed E-state index contributed by atoms with van der Waals surface area (Å²) in [6.07, 6.45) is 8.50. The number of carbonyl (C=O) groups is 2. The van der Waals surface area contributed by atoms with Gasteiger partial charge < -0.3 is 5.11 Å². The number of allylic oxidation sites excluding steroid dienone is 1. The second-order valence-corrected chi connectivity index (χ2v) is 9.33. The number of ketones is 2. The van der Waals surface area contributed by atoms with E-state index in [-0.39, 0.29) is 22.4 Å². The lowest BCUT2D eigenvalue weighted by molar-refractivity contribution is -0.143. The summed E-state index contributed by atoms with van der Waals surface area (Å²) in [4.78, 5) is 24.7. The van der Waals surface area contributed by atoms with Gasteiger partial charge in [0, 0.05) is 18.4 Å². The molecule has 4 rings (SSSR count). The van der Waals surface area contributed by atoms with E-state index < -0.39 is 5.60 Å². The predicted octanol–water partition coefficient (Wildman–Crippen LogP) is 3.84. The minimum absolute atomic E-state index is 0.0503. The minimum Gasteiger partial charge on any atom is -0.389 e. The molecule has 0 heterocycles. The highest BCUT2D eigenvalue weighted by atomic mass is 16.3. The first-order chi connectivity index (χ1) is 11.2. The maximum absolute atomic E-state index is 12.9. The number of Topliss-reactive ketones (excluding diaryl/α,β-unsaturated/α-hetero) is 1. The molecular weight excluding hydrogens is 300 g/mol. The summed E-state index contributed by atoms with van der Waals surface area (Å²) in [6, 6.07) is 0. The molecule has 3 fully saturated rings. The van der Waals surface area contributed by atoms with Crippen molar-refractivity contribution in [2.24, 2.45) is 28.6 Å². The molecule has 4 aliphatic carbocycles. The summed E-state index contributed by atoms with van der Waals surface area (Å²) in [6.45, 7) is 6.59. The number of carbonyl (C=O) groups excluding carboxylic acids is 2. The molecule has 132 valence electrons. The summed E-state index contributed by atoms with van der Waals surface area (Å²) in [5.41, 5.74) is 0.0749. The van der Waals surface area contributed by atoms with Crippen molar-refractivity contribution in [2.45, 2.75) is 77.7 Å². The van der Waals surface area contributed by atoms with Crippen LogP contribution in [-0.4, -0.2) is 22.3 Å². The molecule has 0 spiro atoms. The molecule has 0 aliphatic heterocycles. The summed E-state index contributed by atoms with van der Waals surface area (Å²) >= 11 is 0. The molecule has 0 aromatic heterocycles. The second-order valence-electron chi connectivity index (χ2n) is 9.33. The van der Waals surface area contributed by atoms with E-state index in [9.17, 15) is 14.7 Å². The molecule has 0 radical (unpaired) electrons. The highest BCUT2D eigenvalue weighted by Gasteiger charge is 2.64. The van der Waals surface area contributed by atoms with Crippen molar-refractivity contribution >= 4 is 11.6 Å². The molecule has 0 aromatic carbocycles. The van der Waals surface area contributed by atoms with Crippen LogP contribution in [0.3, 0.4) is 0 Å². The van der Waals surface area contributed by atoms with Gasteiger partial charge in [0.2, 0.25) is 0 Å². The standard InChI is InChI=1S/C21H30O3/c1-4-21(24)10-7-16-14-12-18(23)17-11-13(22)5-8-19(17,2)15(14)6-9-20(16,21)3/h11,14-16,24H,4-10,12H2,1-3H3/t14-,15+,16-,19+,20-,21-/m0/s1. The van der Waals surface area contributed by atoms with E-state index in [4.69, 9.17) is 0 Å². The molecule has 6 atom stereocenters. The van der Waals surface area contributed by atoms with Crippen LogP contribution in [0, 0.1) is 28.6 Å². The second kappa shape index (κ2) is 5.03. The van der Waals surface area contributed by atoms with Crippen LogP contribution < -0.4 is 0 Å². The van der Waals surface area contributed by atoms with E-state index in [0.29, 0.717) is 30.6 Å². The SMILES string of the molecule is CC[C@]1(O)CC[C@H]2[C@H]3CC(=O)C4=CC(=O)CC[C@]4(C)[C@@H]3CC[C@@]21C. The number of hydrogen-bond donors (Lipinski definition) is 1. The molecular formula is C21H30O3. The number of hydrogen-bond acceptors (Lipinski definition) is 3. The number of rotatable bonds is 1. The smallest absolute Gasteiger partial charge is 0.159 e. The van der Waals surface area contributed by atoms with E-state index in [1.165, 1.54) is 0 Å². The lowest BCUT2D eigenvalue weighted by Gasteiger charge is -2.58. The van der Waals surface area contributed by atoms with Gasteiger partial charge in [-0.25, -0.2) is 0 Å². The average Bonchev–Trinajstić information content (AvgIpc) is 2.82. The van der Waals surface area contributed by atoms with Gasteiger partial charge in [0.25, 0.3) is 0 Å². The fraction of sp³-hybridized carbons (Fsp3) is 0.810. The first-order valence-corrected chi connectivity index (χ1v) is 9.76. The van der Waals surface area contributed by atoms with Crippen molar-refractivity contribution in [3.8, 4) is 0 Å².